The average molecular weight is 211 g/mol. The van der Waals surface area contributed by atoms with E-state index in [0.29, 0.717) is 6.10 Å². The molecule has 2 aliphatic rings. The highest BCUT2D eigenvalue weighted by atomic mass is 16.5. The van der Waals surface area contributed by atoms with Crippen molar-refractivity contribution in [1.82, 2.24) is 5.32 Å². The highest BCUT2D eigenvalue weighted by Crippen LogP contribution is 2.37. The Labute approximate surface area is 93.8 Å². The third-order valence-corrected chi connectivity index (χ3v) is 3.90. The molecule has 1 atom stereocenters. The summed E-state index contributed by atoms with van der Waals surface area (Å²) in [4.78, 5) is 0. The van der Waals surface area contributed by atoms with Crippen molar-refractivity contribution in [2.45, 2.75) is 64.6 Å². The van der Waals surface area contributed by atoms with Crippen LogP contribution >= 0.6 is 0 Å². The summed E-state index contributed by atoms with van der Waals surface area (Å²) in [5, 5.41) is 3.58. The summed E-state index contributed by atoms with van der Waals surface area (Å²) in [6.45, 7) is 8.93. The Kier molecular flexibility index (Phi) is 3.09. The molecule has 1 N–H and O–H groups in total. The van der Waals surface area contributed by atoms with Crippen LogP contribution < -0.4 is 5.32 Å². The summed E-state index contributed by atoms with van der Waals surface area (Å²) in [5.74, 6) is 0. The van der Waals surface area contributed by atoms with Crippen LogP contribution in [0.15, 0.2) is 0 Å². The van der Waals surface area contributed by atoms with Gasteiger partial charge in [0.15, 0.2) is 0 Å². The third kappa shape index (κ3) is 2.54. The first-order valence-electron chi connectivity index (χ1n) is 6.40. The normalized spacial score (nSPS) is 31.8. The zero-order chi connectivity index (χ0) is 10.9. The smallest absolute Gasteiger partial charge is 0.0811 e. The molecule has 15 heavy (non-hydrogen) atoms. The molecule has 1 spiro atoms. The molecular weight excluding hydrogens is 186 g/mol. The lowest BCUT2D eigenvalue weighted by molar-refractivity contribution is -0.165. The topological polar surface area (TPSA) is 21.3 Å². The van der Waals surface area contributed by atoms with Gasteiger partial charge in [0.1, 0.15) is 0 Å². The van der Waals surface area contributed by atoms with Crippen LogP contribution in [0.1, 0.15) is 52.9 Å². The van der Waals surface area contributed by atoms with Gasteiger partial charge in [-0.25, -0.2) is 0 Å². The molecule has 1 aliphatic heterocycles. The second-order valence-corrected chi connectivity index (χ2v) is 6.35. The van der Waals surface area contributed by atoms with Crippen molar-refractivity contribution in [1.29, 1.82) is 0 Å². The van der Waals surface area contributed by atoms with Crippen molar-refractivity contribution in [2.75, 3.05) is 13.1 Å². The molecule has 0 aromatic carbocycles. The van der Waals surface area contributed by atoms with Crippen molar-refractivity contribution < 1.29 is 4.74 Å². The number of hydrogen-bond donors (Lipinski definition) is 1. The summed E-state index contributed by atoms with van der Waals surface area (Å²) in [6, 6.07) is 0. The zero-order valence-corrected chi connectivity index (χ0v) is 10.4. The molecule has 1 saturated heterocycles. The Hall–Kier alpha value is -0.0800. The molecule has 1 aliphatic carbocycles. The maximum Gasteiger partial charge on any atom is 0.0811 e. The predicted octanol–water partition coefficient (Wildman–Crippen LogP) is 2.72. The van der Waals surface area contributed by atoms with Gasteiger partial charge in [-0.3, -0.25) is 0 Å². The van der Waals surface area contributed by atoms with Crippen LogP contribution in [0.3, 0.4) is 0 Å². The van der Waals surface area contributed by atoms with Gasteiger partial charge in [-0.2, -0.15) is 0 Å². The Morgan fingerprint density at radius 3 is 2.40 bits per heavy atom. The van der Waals surface area contributed by atoms with Gasteiger partial charge in [-0.15, -0.1) is 0 Å². The summed E-state index contributed by atoms with van der Waals surface area (Å²) in [6.07, 6.45) is 6.98. The summed E-state index contributed by atoms with van der Waals surface area (Å²) >= 11 is 0. The Morgan fingerprint density at radius 2 is 1.80 bits per heavy atom. The van der Waals surface area contributed by atoms with Gasteiger partial charge in [-0.1, -0.05) is 40.0 Å². The second-order valence-electron chi connectivity index (χ2n) is 6.35. The number of ether oxygens (including phenoxy) is 1. The van der Waals surface area contributed by atoms with E-state index >= 15 is 0 Å². The van der Waals surface area contributed by atoms with Crippen molar-refractivity contribution in [3.63, 3.8) is 0 Å². The average Bonchev–Trinajstić information content (AvgIpc) is 2.18. The standard InChI is InChI=1S/C13H25NO/c1-12(2,3)11-9-14-10-13(15-11)7-5-4-6-8-13/h11,14H,4-10H2,1-3H3. The van der Waals surface area contributed by atoms with Crippen LogP contribution in [0.4, 0.5) is 0 Å². The molecule has 1 unspecified atom stereocenters. The lowest BCUT2D eigenvalue weighted by atomic mass is 9.80. The first-order valence-corrected chi connectivity index (χ1v) is 6.40. The molecule has 2 heteroatoms. The van der Waals surface area contributed by atoms with Gasteiger partial charge in [0.25, 0.3) is 0 Å². The fourth-order valence-electron chi connectivity index (χ4n) is 2.79. The van der Waals surface area contributed by atoms with Crippen LogP contribution in [0.2, 0.25) is 0 Å². The van der Waals surface area contributed by atoms with Crippen LogP contribution in [0.5, 0.6) is 0 Å². The first kappa shape index (κ1) is 11.4. The largest absolute Gasteiger partial charge is 0.369 e. The van der Waals surface area contributed by atoms with E-state index in [9.17, 15) is 0 Å². The minimum absolute atomic E-state index is 0.175. The second kappa shape index (κ2) is 4.06. The highest BCUT2D eigenvalue weighted by Gasteiger charge is 2.41. The van der Waals surface area contributed by atoms with Gasteiger partial charge in [0.2, 0.25) is 0 Å². The van der Waals surface area contributed by atoms with Gasteiger partial charge in [0, 0.05) is 13.1 Å². The van der Waals surface area contributed by atoms with E-state index < -0.39 is 0 Å². The monoisotopic (exact) mass is 211 g/mol. The fourth-order valence-corrected chi connectivity index (χ4v) is 2.79. The highest BCUT2D eigenvalue weighted by molar-refractivity contribution is 4.94. The van der Waals surface area contributed by atoms with E-state index in [1.165, 1.54) is 32.1 Å². The van der Waals surface area contributed by atoms with E-state index in [2.05, 4.69) is 26.1 Å². The Bertz CT molecular complexity index is 208. The van der Waals surface area contributed by atoms with Crippen molar-refractivity contribution in [3.8, 4) is 0 Å². The predicted molar refractivity (Wildman–Crippen MR) is 63.0 cm³/mol. The number of rotatable bonds is 0. The van der Waals surface area contributed by atoms with E-state index in [-0.39, 0.29) is 11.0 Å². The van der Waals surface area contributed by atoms with Gasteiger partial charge in [-0.05, 0) is 18.3 Å². The maximum absolute atomic E-state index is 6.42. The zero-order valence-electron chi connectivity index (χ0n) is 10.4. The van der Waals surface area contributed by atoms with E-state index in [1.807, 2.05) is 0 Å². The van der Waals surface area contributed by atoms with Gasteiger partial charge >= 0.3 is 0 Å². The quantitative estimate of drug-likeness (QED) is 0.665. The van der Waals surface area contributed by atoms with Crippen molar-refractivity contribution in [3.05, 3.63) is 0 Å². The molecule has 88 valence electrons. The molecule has 2 fully saturated rings. The molecule has 0 aromatic rings. The third-order valence-electron chi connectivity index (χ3n) is 3.90. The Morgan fingerprint density at radius 1 is 1.13 bits per heavy atom. The number of morpholine rings is 1. The Balaban J connectivity index is 2.02. The van der Waals surface area contributed by atoms with Gasteiger partial charge < -0.3 is 10.1 Å². The maximum atomic E-state index is 6.42. The molecule has 2 rings (SSSR count). The van der Waals surface area contributed by atoms with Crippen LogP contribution in [0, 0.1) is 5.41 Å². The fraction of sp³-hybridized carbons (Fsp3) is 1.00. The van der Waals surface area contributed by atoms with E-state index in [1.54, 1.807) is 0 Å². The summed E-state index contributed by atoms with van der Waals surface area (Å²) in [5.41, 5.74) is 0.437. The molecule has 1 heterocycles. The molecule has 0 bridgehead atoms. The molecule has 2 nitrogen and oxygen atoms in total. The molecule has 1 saturated carbocycles. The van der Waals surface area contributed by atoms with Crippen LogP contribution in [-0.4, -0.2) is 24.8 Å². The SMILES string of the molecule is CC(C)(C)C1CNCC2(CCCCC2)O1. The minimum Gasteiger partial charge on any atom is -0.369 e. The van der Waals surface area contributed by atoms with Gasteiger partial charge in [0.05, 0.1) is 11.7 Å². The molecule has 0 amide bonds. The molecule has 0 radical (unpaired) electrons. The number of nitrogens with one attached hydrogen (secondary N) is 1. The van der Waals surface area contributed by atoms with E-state index in [0.717, 1.165) is 13.1 Å². The number of hydrogen-bond acceptors (Lipinski definition) is 2. The summed E-state index contributed by atoms with van der Waals surface area (Å²) in [7, 11) is 0. The lowest BCUT2D eigenvalue weighted by Gasteiger charge is -2.47. The first-order chi connectivity index (χ1) is 7.02. The van der Waals surface area contributed by atoms with E-state index in [4.69, 9.17) is 4.74 Å². The van der Waals surface area contributed by atoms with Crippen molar-refractivity contribution >= 4 is 0 Å². The summed E-state index contributed by atoms with van der Waals surface area (Å²) < 4.78 is 6.42. The molecular formula is C13H25NO. The van der Waals surface area contributed by atoms with Crippen LogP contribution in [-0.2, 0) is 4.74 Å². The lowest BCUT2D eigenvalue weighted by Crippen LogP contribution is -2.57. The molecule has 0 aromatic heterocycles. The van der Waals surface area contributed by atoms with Crippen molar-refractivity contribution in [2.24, 2.45) is 5.41 Å². The van der Waals surface area contributed by atoms with Crippen LogP contribution in [0.25, 0.3) is 0 Å². The minimum atomic E-state index is 0.175.